The summed E-state index contributed by atoms with van der Waals surface area (Å²) in [7, 11) is -1.74. The Morgan fingerprint density at radius 1 is 1.00 bits per heavy atom. The van der Waals surface area contributed by atoms with Crippen molar-refractivity contribution in [1.29, 1.82) is 0 Å². The summed E-state index contributed by atoms with van der Waals surface area (Å²) in [4.78, 5) is 15.4. The van der Waals surface area contributed by atoms with Crippen molar-refractivity contribution in [3.63, 3.8) is 0 Å². The van der Waals surface area contributed by atoms with Crippen LogP contribution in [0.25, 0.3) is 11.1 Å². The lowest BCUT2D eigenvalue weighted by Gasteiger charge is -2.44. The highest BCUT2D eigenvalue weighted by Gasteiger charge is 2.40. The number of ether oxygens (including phenoxy) is 1. The molecule has 2 aromatic rings. The number of benzene rings is 2. The first-order valence-electron chi connectivity index (χ1n) is 13.6. The molecule has 5 heteroatoms. The van der Waals surface area contributed by atoms with E-state index in [1.54, 1.807) is 0 Å². The van der Waals surface area contributed by atoms with Crippen LogP contribution in [0.4, 0.5) is 4.79 Å². The van der Waals surface area contributed by atoms with Gasteiger partial charge in [-0.25, -0.2) is 4.79 Å². The van der Waals surface area contributed by atoms with Crippen molar-refractivity contribution in [3.05, 3.63) is 71.3 Å². The van der Waals surface area contributed by atoms with Gasteiger partial charge in [0.1, 0.15) is 6.61 Å². The molecule has 0 radical (unpaired) electrons. The quantitative estimate of drug-likeness (QED) is 0.297. The second kappa shape index (κ2) is 9.83. The first-order valence-corrected chi connectivity index (χ1v) is 16.5. The number of amides is 1. The summed E-state index contributed by atoms with van der Waals surface area (Å²) in [5.41, 5.74) is 6.49. The molecule has 0 spiro atoms. The van der Waals surface area contributed by atoms with E-state index in [1.165, 1.54) is 34.2 Å². The van der Waals surface area contributed by atoms with E-state index in [-0.39, 0.29) is 29.1 Å². The van der Waals surface area contributed by atoms with E-state index in [4.69, 9.17) is 9.16 Å². The van der Waals surface area contributed by atoms with Crippen molar-refractivity contribution in [2.75, 3.05) is 13.2 Å². The predicted octanol–water partition coefficient (Wildman–Crippen LogP) is 7.90. The highest BCUT2D eigenvalue weighted by molar-refractivity contribution is 6.74. The minimum atomic E-state index is -1.74. The summed E-state index contributed by atoms with van der Waals surface area (Å²) < 4.78 is 12.5. The van der Waals surface area contributed by atoms with Gasteiger partial charge in [0.25, 0.3) is 0 Å². The van der Waals surface area contributed by atoms with Gasteiger partial charge in [-0.3, -0.25) is 4.90 Å². The van der Waals surface area contributed by atoms with Crippen molar-refractivity contribution in [2.45, 2.75) is 89.0 Å². The van der Waals surface area contributed by atoms with Gasteiger partial charge >= 0.3 is 6.09 Å². The molecule has 1 aliphatic carbocycles. The van der Waals surface area contributed by atoms with Crippen LogP contribution < -0.4 is 0 Å². The Morgan fingerprint density at radius 2 is 1.64 bits per heavy atom. The van der Waals surface area contributed by atoms with Crippen LogP contribution in [-0.2, 0) is 9.16 Å². The van der Waals surface area contributed by atoms with Gasteiger partial charge < -0.3 is 9.16 Å². The minimum Gasteiger partial charge on any atom is -0.448 e. The van der Waals surface area contributed by atoms with Crippen molar-refractivity contribution in [2.24, 2.45) is 0 Å². The Balaban J connectivity index is 1.23. The van der Waals surface area contributed by atoms with Gasteiger partial charge in [0.2, 0.25) is 0 Å². The number of carbonyl (C=O) groups is 1. The number of fused-ring (bicyclic) bond motifs is 5. The van der Waals surface area contributed by atoms with Gasteiger partial charge in [0, 0.05) is 18.6 Å². The molecule has 36 heavy (non-hydrogen) atoms. The SMILES string of the molecule is CC(C)(C)[Si](C)(C)OCCC1=CC2CCCC(C1)N2C(=O)OCC1c2ccccc2-c2ccccc21. The van der Waals surface area contributed by atoms with Crippen LogP contribution in [-0.4, -0.2) is 44.6 Å². The molecular weight excluding hydrogens is 462 g/mol. The highest BCUT2D eigenvalue weighted by atomic mass is 28.4. The van der Waals surface area contributed by atoms with Gasteiger partial charge in [-0.05, 0) is 72.5 Å². The molecule has 0 N–H and O–H groups in total. The summed E-state index contributed by atoms with van der Waals surface area (Å²) in [5.74, 6) is 0.101. The van der Waals surface area contributed by atoms with Gasteiger partial charge in [0.05, 0.1) is 6.04 Å². The normalized spacial score (nSPS) is 21.6. The molecule has 5 rings (SSSR count). The molecule has 2 bridgehead atoms. The van der Waals surface area contributed by atoms with Crippen molar-refractivity contribution in [1.82, 2.24) is 4.90 Å². The lowest BCUT2D eigenvalue weighted by molar-refractivity contribution is 0.0505. The molecule has 1 amide bonds. The number of hydrogen-bond donors (Lipinski definition) is 0. The first kappa shape index (κ1) is 25.3. The second-order valence-corrected chi connectivity index (χ2v) is 17.1. The van der Waals surface area contributed by atoms with E-state index >= 15 is 0 Å². The number of carbonyl (C=O) groups excluding carboxylic acids is 1. The maximum absolute atomic E-state index is 13.4. The molecule has 1 fully saturated rings. The van der Waals surface area contributed by atoms with E-state index in [9.17, 15) is 4.79 Å². The average molecular weight is 504 g/mol. The average Bonchev–Trinajstić information content (AvgIpc) is 3.15. The molecule has 0 aromatic heterocycles. The van der Waals surface area contributed by atoms with Crippen LogP contribution in [0, 0.1) is 0 Å². The molecule has 2 heterocycles. The molecule has 1 saturated heterocycles. The summed E-state index contributed by atoms with van der Waals surface area (Å²) in [6.07, 6.45) is 7.35. The third-order valence-electron chi connectivity index (χ3n) is 8.95. The number of piperidine rings is 1. The van der Waals surface area contributed by atoms with Crippen LogP contribution >= 0.6 is 0 Å². The topological polar surface area (TPSA) is 38.8 Å². The lowest BCUT2D eigenvalue weighted by atomic mass is 9.84. The van der Waals surface area contributed by atoms with Crippen molar-refractivity contribution < 1.29 is 14.0 Å². The summed E-state index contributed by atoms with van der Waals surface area (Å²) in [6, 6.07) is 17.4. The minimum absolute atomic E-state index is 0.101. The van der Waals surface area contributed by atoms with Crippen LogP contribution in [0.1, 0.15) is 69.9 Å². The number of rotatable bonds is 6. The van der Waals surface area contributed by atoms with E-state index in [0.29, 0.717) is 6.61 Å². The summed E-state index contributed by atoms with van der Waals surface area (Å²) >= 11 is 0. The van der Waals surface area contributed by atoms with Crippen LogP contribution in [0.3, 0.4) is 0 Å². The van der Waals surface area contributed by atoms with Crippen molar-refractivity contribution >= 4 is 14.4 Å². The van der Waals surface area contributed by atoms with Crippen LogP contribution in [0.15, 0.2) is 60.2 Å². The number of nitrogens with zero attached hydrogens (tertiary/aromatic N) is 1. The number of hydrogen-bond acceptors (Lipinski definition) is 3. The lowest BCUT2D eigenvalue weighted by Crippen LogP contribution is -2.52. The maximum Gasteiger partial charge on any atom is 0.410 e. The molecule has 2 atom stereocenters. The standard InChI is InChI=1S/C31H41NO3Si/c1-31(2,3)36(4,5)35-18-17-22-19-23-11-10-12-24(20-22)32(23)30(33)34-21-29-27-15-8-6-13-25(27)26-14-7-9-16-28(26)29/h6-9,13-16,19,23-24,29H,10-12,17-18,20-21H2,1-5H3. The van der Waals surface area contributed by atoms with Crippen molar-refractivity contribution in [3.8, 4) is 11.1 Å². The van der Waals surface area contributed by atoms with Crippen LogP contribution in [0.5, 0.6) is 0 Å². The Bertz CT molecular complexity index is 1100. The Morgan fingerprint density at radius 3 is 2.25 bits per heavy atom. The molecule has 0 saturated carbocycles. The zero-order chi connectivity index (χ0) is 25.5. The van der Waals surface area contributed by atoms with Crippen LogP contribution in [0.2, 0.25) is 18.1 Å². The maximum atomic E-state index is 13.4. The van der Waals surface area contributed by atoms with Gasteiger partial charge in [0.15, 0.2) is 8.32 Å². The zero-order valence-corrected chi connectivity index (χ0v) is 23.5. The second-order valence-electron chi connectivity index (χ2n) is 12.3. The molecule has 2 aliphatic heterocycles. The third kappa shape index (κ3) is 4.80. The molecular formula is C31H41NO3Si. The van der Waals surface area contributed by atoms with Gasteiger partial charge in [-0.2, -0.15) is 0 Å². The fraction of sp³-hybridized carbons (Fsp3) is 0.516. The Hall–Kier alpha value is -2.37. The molecule has 3 aliphatic rings. The summed E-state index contributed by atoms with van der Waals surface area (Å²) in [6.45, 7) is 12.7. The molecule has 4 nitrogen and oxygen atoms in total. The largest absolute Gasteiger partial charge is 0.448 e. The smallest absolute Gasteiger partial charge is 0.410 e. The molecule has 2 unspecified atom stereocenters. The Labute approximate surface area is 217 Å². The fourth-order valence-corrected chi connectivity index (χ4v) is 6.96. The molecule has 192 valence electrons. The van der Waals surface area contributed by atoms with E-state index < -0.39 is 8.32 Å². The predicted molar refractivity (Wildman–Crippen MR) is 149 cm³/mol. The highest BCUT2D eigenvalue weighted by Crippen LogP contribution is 2.45. The monoisotopic (exact) mass is 503 g/mol. The van der Waals surface area contributed by atoms with E-state index in [2.05, 4.69) is 88.5 Å². The van der Waals surface area contributed by atoms with E-state index in [1.807, 2.05) is 4.90 Å². The fourth-order valence-electron chi connectivity index (χ4n) is 5.91. The Kier molecular flexibility index (Phi) is 6.90. The third-order valence-corrected chi connectivity index (χ3v) is 13.5. The first-order chi connectivity index (χ1) is 17.2. The van der Waals surface area contributed by atoms with E-state index in [0.717, 1.165) is 32.3 Å². The molecule has 2 aromatic carbocycles. The summed E-state index contributed by atoms with van der Waals surface area (Å²) in [5, 5.41) is 0.228. The zero-order valence-electron chi connectivity index (χ0n) is 22.5. The van der Waals surface area contributed by atoms with Gasteiger partial charge in [-0.15, -0.1) is 0 Å². The van der Waals surface area contributed by atoms with Gasteiger partial charge in [-0.1, -0.05) is 81.0 Å².